The number of aliphatic carboxylic acids is 2. The molecule has 3 atom stereocenters. The maximum absolute atomic E-state index is 13.0. The summed E-state index contributed by atoms with van der Waals surface area (Å²) in [4.78, 5) is 63.0. The molecule has 1 aromatic heterocycles. The van der Waals surface area contributed by atoms with Crippen LogP contribution in [0.25, 0.3) is 10.9 Å². The molecule has 196 valence electrons. The molecule has 0 saturated heterocycles. The number of carboxylic acids is 2. The molecule has 8 N–H and O–H groups in total. The van der Waals surface area contributed by atoms with E-state index < -0.39 is 60.8 Å². The molecule has 0 fully saturated rings. The fraction of sp³-hybridized carbons (Fsp3) is 0.435. The van der Waals surface area contributed by atoms with Crippen LogP contribution in [0.15, 0.2) is 30.5 Å². The number of benzene rings is 1. The van der Waals surface area contributed by atoms with Gasteiger partial charge in [0.1, 0.15) is 18.6 Å². The average Bonchev–Trinajstić information content (AvgIpc) is 3.24. The van der Waals surface area contributed by atoms with Crippen molar-refractivity contribution in [2.75, 3.05) is 18.6 Å². The number of para-hydroxylation sites is 1. The SMILES string of the molecule is CSCCC(NC(=O)C(N)Cc1c[nH]c2ccccc12)C(=O)NC(CCC(=O)O)C(=O)NCC(=O)O. The molecule has 2 rings (SSSR count). The van der Waals surface area contributed by atoms with Crippen molar-refractivity contribution in [3.8, 4) is 0 Å². The summed E-state index contributed by atoms with van der Waals surface area (Å²) in [6.45, 7) is -0.687. The minimum atomic E-state index is -1.29. The molecule has 0 aliphatic carbocycles. The molecule has 0 saturated carbocycles. The molecule has 13 heteroatoms. The van der Waals surface area contributed by atoms with Crippen molar-refractivity contribution >= 4 is 52.3 Å². The maximum atomic E-state index is 13.0. The van der Waals surface area contributed by atoms with Crippen LogP contribution in [0, 0.1) is 0 Å². The van der Waals surface area contributed by atoms with Gasteiger partial charge >= 0.3 is 11.9 Å². The molecule has 12 nitrogen and oxygen atoms in total. The first-order valence-electron chi connectivity index (χ1n) is 11.2. The zero-order valence-electron chi connectivity index (χ0n) is 19.8. The summed E-state index contributed by atoms with van der Waals surface area (Å²) in [6, 6.07) is 4.31. The average molecular weight is 522 g/mol. The Morgan fingerprint density at radius 1 is 0.972 bits per heavy atom. The molecule has 1 aromatic carbocycles. The molecule has 3 amide bonds. The standard InChI is InChI=1S/C23H31N5O7S/c1-36-9-8-18(23(35)28-17(6-7-19(29)30)22(34)26-12-20(31)32)27-21(33)15(24)10-13-11-25-16-5-3-2-4-14(13)16/h2-5,11,15,17-18,25H,6-10,12,24H2,1H3,(H,26,34)(H,27,33)(H,28,35)(H,29,30)(H,31,32). The van der Waals surface area contributed by atoms with Crippen molar-refractivity contribution in [2.45, 2.75) is 43.8 Å². The smallest absolute Gasteiger partial charge is 0.322 e. The molecule has 0 radical (unpaired) electrons. The van der Waals surface area contributed by atoms with Crippen molar-refractivity contribution in [1.82, 2.24) is 20.9 Å². The number of fused-ring (bicyclic) bond motifs is 1. The van der Waals surface area contributed by atoms with Crippen LogP contribution in [0.2, 0.25) is 0 Å². The van der Waals surface area contributed by atoms with Gasteiger partial charge in [0.25, 0.3) is 0 Å². The minimum absolute atomic E-state index is 0.228. The Hall–Kier alpha value is -3.58. The number of carbonyl (C=O) groups excluding carboxylic acids is 3. The van der Waals surface area contributed by atoms with Crippen molar-refractivity contribution in [3.63, 3.8) is 0 Å². The summed E-state index contributed by atoms with van der Waals surface area (Å²) in [5, 5.41) is 25.9. The molecule has 3 unspecified atom stereocenters. The van der Waals surface area contributed by atoms with Crippen molar-refractivity contribution < 1.29 is 34.2 Å². The lowest BCUT2D eigenvalue weighted by atomic mass is 10.0. The van der Waals surface area contributed by atoms with Gasteiger partial charge < -0.3 is 36.9 Å². The van der Waals surface area contributed by atoms with E-state index in [1.165, 1.54) is 11.8 Å². The van der Waals surface area contributed by atoms with Crippen LogP contribution < -0.4 is 21.7 Å². The van der Waals surface area contributed by atoms with Crippen LogP contribution in [0.1, 0.15) is 24.8 Å². The second-order valence-corrected chi connectivity index (χ2v) is 9.10. The largest absolute Gasteiger partial charge is 0.481 e. The number of thioether (sulfide) groups is 1. The molecule has 36 heavy (non-hydrogen) atoms. The molecule has 0 bridgehead atoms. The van der Waals surface area contributed by atoms with Crippen molar-refractivity contribution in [1.29, 1.82) is 0 Å². The van der Waals surface area contributed by atoms with Gasteiger partial charge in [-0.3, -0.25) is 24.0 Å². The second kappa shape index (κ2) is 14.1. The van der Waals surface area contributed by atoms with E-state index in [1.54, 1.807) is 6.20 Å². The molecule has 0 aliphatic heterocycles. The van der Waals surface area contributed by atoms with Gasteiger partial charge in [0.2, 0.25) is 17.7 Å². The van der Waals surface area contributed by atoms with E-state index in [-0.39, 0.29) is 19.3 Å². The number of carboxylic acid groups (broad SMARTS) is 2. The Balaban J connectivity index is 2.08. The van der Waals surface area contributed by atoms with E-state index in [1.807, 2.05) is 30.5 Å². The molecule has 1 heterocycles. The molecule has 0 spiro atoms. The number of aromatic amines is 1. The number of nitrogens with one attached hydrogen (secondary N) is 4. The first-order valence-corrected chi connectivity index (χ1v) is 12.6. The Bertz CT molecular complexity index is 1090. The summed E-state index contributed by atoms with van der Waals surface area (Å²) in [5.74, 6) is -4.05. The monoisotopic (exact) mass is 521 g/mol. The van der Waals surface area contributed by atoms with Crippen LogP contribution in [-0.2, 0) is 30.4 Å². The van der Waals surface area contributed by atoms with Crippen LogP contribution >= 0.6 is 11.8 Å². The quantitative estimate of drug-likeness (QED) is 0.166. The van der Waals surface area contributed by atoms with Crippen LogP contribution in [0.3, 0.4) is 0 Å². The predicted octanol–water partition coefficient (Wildman–Crippen LogP) is -0.174. The lowest BCUT2D eigenvalue weighted by Gasteiger charge is -2.24. The number of amides is 3. The first-order chi connectivity index (χ1) is 17.1. The number of H-pyrrole nitrogens is 1. The molecular weight excluding hydrogens is 490 g/mol. The van der Waals surface area contributed by atoms with Crippen molar-refractivity contribution in [3.05, 3.63) is 36.0 Å². The lowest BCUT2D eigenvalue weighted by Crippen LogP contribution is -2.56. The van der Waals surface area contributed by atoms with Gasteiger partial charge in [-0.25, -0.2) is 0 Å². The van der Waals surface area contributed by atoms with E-state index >= 15 is 0 Å². The normalized spacial score (nSPS) is 13.4. The van der Waals surface area contributed by atoms with E-state index in [2.05, 4.69) is 20.9 Å². The highest BCUT2D eigenvalue weighted by Crippen LogP contribution is 2.18. The van der Waals surface area contributed by atoms with Crippen LogP contribution in [-0.4, -0.2) is 81.5 Å². The third kappa shape index (κ3) is 8.89. The summed E-state index contributed by atoms with van der Waals surface area (Å²) in [7, 11) is 0. The Morgan fingerprint density at radius 3 is 2.31 bits per heavy atom. The molecular formula is C23H31N5O7S. The summed E-state index contributed by atoms with van der Waals surface area (Å²) >= 11 is 1.45. The summed E-state index contributed by atoms with van der Waals surface area (Å²) in [5.41, 5.74) is 7.88. The Kier molecular flexibility index (Phi) is 11.2. The van der Waals surface area contributed by atoms with Crippen molar-refractivity contribution in [2.24, 2.45) is 5.73 Å². The number of rotatable bonds is 15. The third-order valence-corrected chi connectivity index (χ3v) is 6.03. The van der Waals surface area contributed by atoms with Gasteiger partial charge in [0, 0.05) is 23.5 Å². The van der Waals surface area contributed by atoms with Gasteiger partial charge in [-0.15, -0.1) is 0 Å². The predicted molar refractivity (Wildman–Crippen MR) is 134 cm³/mol. The zero-order chi connectivity index (χ0) is 26.7. The van der Waals surface area contributed by atoms with Gasteiger partial charge in [-0.2, -0.15) is 11.8 Å². The second-order valence-electron chi connectivity index (χ2n) is 8.12. The van der Waals surface area contributed by atoms with E-state index in [0.717, 1.165) is 16.5 Å². The number of carbonyl (C=O) groups is 5. The fourth-order valence-electron chi connectivity index (χ4n) is 3.51. The number of aromatic nitrogens is 1. The summed E-state index contributed by atoms with van der Waals surface area (Å²) < 4.78 is 0. The maximum Gasteiger partial charge on any atom is 0.322 e. The number of nitrogens with two attached hydrogens (primary N) is 1. The highest BCUT2D eigenvalue weighted by molar-refractivity contribution is 7.98. The topological polar surface area (TPSA) is 204 Å². The van der Waals surface area contributed by atoms with E-state index in [0.29, 0.717) is 5.75 Å². The highest BCUT2D eigenvalue weighted by Gasteiger charge is 2.28. The number of hydrogen-bond acceptors (Lipinski definition) is 7. The fourth-order valence-corrected chi connectivity index (χ4v) is 3.98. The van der Waals surface area contributed by atoms with Gasteiger partial charge in [-0.1, -0.05) is 18.2 Å². The van der Waals surface area contributed by atoms with Crippen LogP contribution in [0.5, 0.6) is 0 Å². The third-order valence-electron chi connectivity index (χ3n) is 5.39. The molecule has 2 aromatic rings. The van der Waals surface area contributed by atoms with Gasteiger partial charge in [0.05, 0.1) is 6.04 Å². The van der Waals surface area contributed by atoms with E-state index in [4.69, 9.17) is 15.9 Å². The lowest BCUT2D eigenvalue weighted by molar-refractivity contribution is -0.140. The Labute approximate surface area is 211 Å². The summed E-state index contributed by atoms with van der Waals surface area (Å²) in [6.07, 6.45) is 3.39. The highest BCUT2D eigenvalue weighted by atomic mass is 32.2. The molecule has 0 aliphatic rings. The van der Waals surface area contributed by atoms with E-state index in [9.17, 15) is 24.0 Å². The zero-order valence-corrected chi connectivity index (χ0v) is 20.6. The number of hydrogen-bond donors (Lipinski definition) is 7. The van der Waals surface area contributed by atoms with Gasteiger partial charge in [0.15, 0.2) is 0 Å². The Morgan fingerprint density at radius 2 is 1.64 bits per heavy atom. The first kappa shape index (κ1) is 28.7. The van der Waals surface area contributed by atoms with Gasteiger partial charge in [-0.05, 0) is 42.9 Å². The minimum Gasteiger partial charge on any atom is -0.481 e. The van der Waals surface area contributed by atoms with Crippen LogP contribution in [0.4, 0.5) is 0 Å².